The van der Waals surface area contributed by atoms with Crippen LogP contribution in [0.1, 0.15) is 49.1 Å². The number of nitrogens with zero attached hydrogens (tertiary/aromatic N) is 1. The fourth-order valence-electron chi connectivity index (χ4n) is 3.76. The van der Waals surface area contributed by atoms with Gasteiger partial charge in [0.2, 0.25) is 5.91 Å². The molecule has 3 rings (SSSR count). The van der Waals surface area contributed by atoms with E-state index in [4.69, 9.17) is 0 Å². The third-order valence-electron chi connectivity index (χ3n) is 5.18. The first-order chi connectivity index (χ1) is 12.8. The minimum atomic E-state index is -0.240. The number of hydrogen-bond acceptors (Lipinski definition) is 2. The average molecular weight is 387 g/mol. The van der Waals surface area contributed by atoms with Gasteiger partial charge in [0.1, 0.15) is 0 Å². The summed E-state index contributed by atoms with van der Waals surface area (Å²) in [6.45, 7) is 4.25. The number of carbonyl (C=O) groups excluding carboxylic acids is 1. The smallest absolute Gasteiger partial charge is 0.232 e. The number of benzene rings is 2. The summed E-state index contributed by atoms with van der Waals surface area (Å²) in [6, 6.07) is 20.1. The van der Waals surface area contributed by atoms with E-state index in [1.807, 2.05) is 60.7 Å². The van der Waals surface area contributed by atoms with Gasteiger partial charge in [-0.3, -0.25) is 4.79 Å². The summed E-state index contributed by atoms with van der Waals surface area (Å²) >= 11 is 0. The number of likely N-dealkylation sites (tertiary alicyclic amines) is 1. The zero-order chi connectivity index (χ0) is 18.0. The second kappa shape index (κ2) is 11.8. The molecule has 1 heterocycles. The molecule has 1 N–H and O–H groups in total. The predicted octanol–water partition coefficient (Wildman–Crippen LogP) is 4.62. The second-order valence-corrected chi connectivity index (χ2v) is 7.15. The lowest BCUT2D eigenvalue weighted by Crippen LogP contribution is -2.33. The number of amides is 1. The summed E-state index contributed by atoms with van der Waals surface area (Å²) in [4.78, 5) is 15.5. The monoisotopic (exact) mass is 386 g/mol. The Balaban J connectivity index is 0.00000261. The second-order valence-electron chi connectivity index (χ2n) is 7.15. The van der Waals surface area contributed by atoms with Gasteiger partial charge in [0, 0.05) is 6.54 Å². The van der Waals surface area contributed by atoms with Crippen LogP contribution in [0.4, 0.5) is 0 Å². The van der Waals surface area contributed by atoms with Crippen molar-refractivity contribution in [2.75, 3.05) is 26.2 Å². The van der Waals surface area contributed by atoms with Gasteiger partial charge in [0.15, 0.2) is 0 Å². The van der Waals surface area contributed by atoms with Crippen molar-refractivity contribution >= 4 is 18.3 Å². The molecule has 0 spiro atoms. The molecule has 0 unspecified atom stereocenters. The van der Waals surface area contributed by atoms with Crippen molar-refractivity contribution in [2.24, 2.45) is 0 Å². The molecular weight excluding hydrogens is 356 g/mol. The molecule has 4 heteroatoms. The molecule has 1 aliphatic rings. The van der Waals surface area contributed by atoms with E-state index < -0.39 is 0 Å². The highest BCUT2D eigenvalue weighted by molar-refractivity contribution is 5.87. The third-order valence-corrected chi connectivity index (χ3v) is 5.18. The van der Waals surface area contributed by atoms with Crippen LogP contribution in [-0.4, -0.2) is 37.0 Å². The van der Waals surface area contributed by atoms with Crippen LogP contribution in [0.5, 0.6) is 0 Å². The highest BCUT2D eigenvalue weighted by atomic mass is 35.5. The van der Waals surface area contributed by atoms with Crippen LogP contribution in [0, 0.1) is 0 Å². The summed E-state index contributed by atoms with van der Waals surface area (Å²) in [7, 11) is 0. The standard InChI is InChI=1S/C23H30N2O.ClH/c26-23(24-16-11-19-25-17-9-1-2-10-18-25)22(20-12-5-3-6-13-20)21-14-7-4-8-15-21;/h3-8,12-15,22H,1-2,9-11,16-19H2,(H,24,26);1H. The van der Waals surface area contributed by atoms with Gasteiger partial charge in [0.25, 0.3) is 0 Å². The molecule has 1 aliphatic heterocycles. The lowest BCUT2D eigenvalue weighted by atomic mass is 9.90. The quantitative estimate of drug-likeness (QED) is 0.704. The van der Waals surface area contributed by atoms with Gasteiger partial charge in [-0.15, -0.1) is 12.4 Å². The fraction of sp³-hybridized carbons (Fsp3) is 0.435. The molecular formula is C23H31ClN2O. The minimum Gasteiger partial charge on any atom is -0.355 e. The van der Waals surface area contributed by atoms with E-state index in [1.54, 1.807) is 0 Å². The van der Waals surface area contributed by atoms with Crippen LogP contribution in [0.2, 0.25) is 0 Å². The Hall–Kier alpha value is -1.84. The number of halogens is 1. The molecule has 146 valence electrons. The third kappa shape index (κ3) is 6.67. The summed E-state index contributed by atoms with van der Waals surface area (Å²) in [5.41, 5.74) is 2.09. The maximum absolute atomic E-state index is 12.9. The molecule has 0 radical (unpaired) electrons. The van der Waals surface area contributed by atoms with Gasteiger partial charge in [-0.1, -0.05) is 73.5 Å². The number of rotatable bonds is 7. The largest absolute Gasteiger partial charge is 0.355 e. The number of hydrogen-bond donors (Lipinski definition) is 1. The van der Waals surface area contributed by atoms with Crippen molar-refractivity contribution in [3.8, 4) is 0 Å². The Bertz CT molecular complexity index is 615. The van der Waals surface area contributed by atoms with Crippen molar-refractivity contribution in [3.05, 3.63) is 71.8 Å². The molecule has 1 fully saturated rings. The van der Waals surface area contributed by atoms with Crippen LogP contribution in [0.25, 0.3) is 0 Å². The summed E-state index contributed by atoms with van der Waals surface area (Å²) in [5.74, 6) is -0.145. The molecule has 0 saturated carbocycles. The van der Waals surface area contributed by atoms with Crippen molar-refractivity contribution < 1.29 is 4.79 Å². The Kier molecular flexibility index (Phi) is 9.37. The molecule has 0 atom stereocenters. The van der Waals surface area contributed by atoms with Crippen LogP contribution in [-0.2, 0) is 4.79 Å². The summed E-state index contributed by atoms with van der Waals surface area (Å²) < 4.78 is 0. The van der Waals surface area contributed by atoms with Gasteiger partial charge >= 0.3 is 0 Å². The predicted molar refractivity (Wildman–Crippen MR) is 115 cm³/mol. The normalized spacial score (nSPS) is 15.0. The van der Waals surface area contributed by atoms with Gasteiger partial charge in [-0.25, -0.2) is 0 Å². The molecule has 2 aromatic carbocycles. The lowest BCUT2D eigenvalue weighted by Gasteiger charge is -2.21. The minimum absolute atomic E-state index is 0. The Morgan fingerprint density at radius 3 is 1.89 bits per heavy atom. The topological polar surface area (TPSA) is 32.3 Å². The van der Waals surface area contributed by atoms with Gasteiger partial charge < -0.3 is 10.2 Å². The Morgan fingerprint density at radius 2 is 1.37 bits per heavy atom. The van der Waals surface area contributed by atoms with Gasteiger partial charge in [-0.2, -0.15) is 0 Å². The van der Waals surface area contributed by atoms with E-state index in [9.17, 15) is 4.79 Å². The molecule has 27 heavy (non-hydrogen) atoms. The van der Waals surface area contributed by atoms with Crippen molar-refractivity contribution in [1.29, 1.82) is 0 Å². The SMILES string of the molecule is Cl.O=C(NCCCN1CCCCCC1)C(c1ccccc1)c1ccccc1. The summed E-state index contributed by atoms with van der Waals surface area (Å²) in [5, 5.41) is 3.17. The van der Waals surface area contributed by atoms with E-state index in [1.165, 1.54) is 38.8 Å². The molecule has 1 saturated heterocycles. The first-order valence-electron chi connectivity index (χ1n) is 9.94. The maximum Gasteiger partial charge on any atom is 0.232 e. The lowest BCUT2D eigenvalue weighted by molar-refractivity contribution is -0.121. The van der Waals surface area contributed by atoms with E-state index in [2.05, 4.69) is 10.2 Å². The molecule has 3 nitrogen and oxygen atoms in total. The first-order valence-corrected chi connectivity index (χ1v) is 9.94. The average Bonchev–Trinajstić information content (AvgIpc) is 2.96. The highest BCUT2D eigenvalue weighted by Crippen LogP contribution is 2.24. The molecule has 1 amide bonds. The van der Waals surface area contributed by atoms with E-state index >= 15 is 0 Å². The summed E-state index contributed by atoms with van der Waals surface area (Å²) in [6.07, 6.45) is 6.38. The molecule has 0 bridgehead atoms. The van der Waals surface area contributed by atoms with Crippen LogP contribution < -0.4 is 5.32 Å². The maximum atomic E-state index is 12.9. The van der Waals surface area contributed by atoms with E-state index in [-0.39, 0.29) is 24.2 Å². The van der Waals surface area contributed by atoms with E-state index in [0.717, 1.165) is 30.6 Å². The van der Waals surface area contributed by atoms with Crippen molar-refractivity contribution in [2.45, 2.75) is 38.0 Å². The van der Waals surface area contributed by atoms with Crippen LogP contribution >= 0.6 is 12.4 Å². The fourth-order valence-corrected chi connectivity index (χ4v) is 3.76. The Labute approximate surface area is 169 Å². The van der Waals surface area contributed by atoms with Crippen molar-refractivity contribution in [3.63, 3.8) is 0 Å². The van der Waals surface area contributed by atoms with Crippen LogP contribution in [0.3, 0.4) is 0 Å². The Morgan fingerprint density at radius 1 is 0.852 bits per heavy atom. The first kappa shape index (κ1) is 21.5. The molecule has 2 aromatic rings. The zero-order valence-electron chi connectivity index (χ0n) is 16.0. The van der Waals surface area contributed by atoms with E-state index in [0.29, 0.717) is 0 Å². The highest BCUT2D eigenvalue weighted by Gasteiger charge is 2.22. The zero-order valence-corrected chi connectivity index (χ0v) is 16.8. The van der Waals surface area contributed by atoms with Gasteiger partial charge in [0.05, 0.1) is 5.92 Å². The molecule has 0 aliphatic carbocycles. The molecule has 0 aromatic heterocycles. The van der Waals surface area contributed by atoms with Gasteiger partial charge in [-0.05, 0) is 50.0 Å². The van der Waals surface area contributed by atoms with Crippen LogP contribution in [0.15, 0.2) is 60.7 Å². The van der Waals surface area contributed by atoms with Crippen molar-refractivity contribution in [1.82, 2.24) is 10.2 Å². The number of nitrogens with one attached hydrogen (secondary N) is 1. The number of carbonyl (C=O) groups is 1.